The molecule has 2 rings (SSSR count). The number of aromatic nitrogens is 1. The first-order chi connectivity index (χ1) is 7.90. The normalized spacial score (nSPS) is 18.9. The molecule has 5 heteroatoms. The van der Waals surface area contributed by atoms with Crippen LogP contribution in [0.15, 0.2) is 18.3 Å². The molecule has 0 radical (unpaired) electrons. The van der Waals surface area contributed by atoms with Crippen LogP contribution in [0.2, 0.25) is 5.02 Å². The minimum absolute atomic E-state index is 0.149. The summed E-state index contributed by atoms with van der Waals surface area (Å²) >= 11 is 5.83. The fraction of sp³-hybridized carbons (Fsp3) is 0.417. The average molecular weight is 253 g/mol. The van der Waals surface area contributed by atoms with E-state index in [2.05, 4.69) is 4.98 Å². The first-order valence-electron chi connectivity index (χ1n) is 5.35. The van der Waals surface area contributed by atoms with Gasteiger partial charge in [-0.05, 0) is 12.1 Å². The molecule has 1 fully saturated rings. The lowest BCUT2D eigenvalue weighted by molar-refractivity contribution is -0.141. The number of hydrogen-bond acceptors (Lipinski definition) is 3. The van der Waals surface area contributed by atoms with Crippen molar-refractivity contribution in [1.29, 1.82) is 0 Å². The number of halogens is 1. The second kappa shape index (κ2) is 4.11. The van der Waals surface area contributed by atoms with E-state index in [1.165, 1.54) is 4.90 Å². The van der Waals surface area contributed by atoms with Crippen molar-refractivity contribution in [3.63, 3.8) is 0 Å². The molecule has 0 saturated carbocycles. The van der Waals surface area contributed by atoms with E-state index in [1.54, 1.807) is 32.2 Å². The summed E-state index contributed by atoms with van der Waals surface area (Å²) in [7, 11) is 0. The molecule has 0 bridgehead atoms. The van der Waals surface area contributed by atoms with E-state index in [-0.39, 0.29) is 24.8 Å². The minimum Gasteiger partial charge on any atom is -0.276 e. The molecule has 90 valence electrons. The summed E-state index contributed by atoms with van der Waals surface area (Å²) in [4.78, 5) is 29.0. The number of amides is 2. The summed E-state index contributed by atoms with van der Waals surface area (Å²) in [6.45, 7) is 3.75. The van der Waals surface area contributed by atoms with E-state index >= 15 is 0 Å². The zero-order valence-electron chi connectivity index (χ0n) is 9.74. The third kappa shape index (κ3) is 2.31. The summed E-state index contributed by atoms with van der Waals surface area (Å²) in [6.07, 6.45) is 1.82. The lowest BCUT2D eigenvalue weighted by Crippen LogP contribution is -2.32. The van der Waals surface area contributed by atoms with Crippen molar-refractivity contribution in [2.24, 2.45) is 5.41 Å². The van der Waals surface area contributed by atoms with Gasteiger partial charge in [0, 0.05) is 17.6 Å². The fourth-order valence-electron chi connectivity index (χ4n) is 1.88. The Morgan fingerprint density at radius 2 is 2.18 bits per heavy atom. The molecule has 1 saturated heterocycles. The van der Waals surface area contributed by atoms with Crippen molar-refractivity contribution in [3.8, 4) is 0 Å². The Hall–Kier alpha value is -1.42. The number of hydrogen-bond donors (Lipinski definition) is 0. The van der Waals surface area contributed by atoms with Crippen LogP contribution in [0.1, 0.15) is 26.0 Å². The van der Waals surface area contributed by atoms with Gasteiger partial charge in [-0.1, -0.05) is 25.4 Å². The number of carbonyl (C=O) groups excluding carboxylic acids is 2. The van der Waals surface area contributed by atoms with E-state index in [4.69, 9.17) is 11.6 Å². The van der Waals surface area contributed by atoms with Crippen molar-refractivity contribution in [2.75, 3.05) is 0 Å². The van der Waals surface area contributed by atoms with Crippen molar-refractivity contribution in [1.82, 2.24) is 9.88 Å². The van der Waals surface area contributed by atoms with Crippen LogP contribution in [-0.2, 0) is 16.1 Å². The predicted octanol–water partition coefficient (Wildman–Crippen LogP) is 2.02. The molecular formula is C12H13ClN2O2. The van der Waals surface area contributed by atoms with Crippen LogP contribution in [0, 0.1) is 5.41 Å². The Bertz CT molecular complexity index is 485. The first kappa shape index (κ1) is 12.0. The van der Waals surface area contributed by atoms with E-state index in [1.807, 2.05) is 0 Å². The standard InChI is InChI=1S/C12H13ClN2O2/c1-12(2)6-10(16)15(11(12)17)7-9-5-8(13)3-4-14-9/h3-5H,6-7H2,1-2H3. The third-order valence-corrected chi connectivity index (χ3v) is 3.05. The van der Waals surface area contributed by atoms with Crippen LogP contribution in [-0.4, -0.2) is 21.7 Å². The number of carbonyl (C=O) groups is 2. The van der Waals surface area contributed by atoms with Gasteiger partial charge in [0.15, 0.2) is 0 Å². The van der Waals surface area contributed by atoms with Crippen LogP contribution >= 0.6 is 11.6 Å². The van der Waals surface area contributed by atoms with Gasteiger partial charge in [0.05, 0.1) is 17.7 Å². The van der Waals surface area contributed by atoms with Crippen LogP contribution in [0.4, 0.5) is 0 Å². The predicted molar refractivity (Wildman–Crippen MR) is 63.2 cm³/mol. The lowest BCUT2D eigenvalue weighted by Gasteiger charge is -2.17. The van der Waals surface area contributed by atoms with E-state index in [0.717, 1.165) is 0 Å². The molecule has 1 aromatic rings. The Balaban J connectivity index is 2.20. The lowest BCUT2D eigenvalue weighted by atomic mass is 9.92. The number of nitrogens with zero attached hydrogens (tertiary/aromatic N) is 2. The van der Waals surface area contributed by atoms with Gasteiger partial charge in [0.2, 0.25) is 11.8 Å². The number of pyridine rings is 1. The quantitative estimate of drug-likeness (QED) is 0.757. The summed E-state index contributed by atoms with van der Waals surface area (Å²) in [5.74, 6) is -0.300. The Morgan fingerprint density at radius 3 is 2.71 bits per heavy atom. The zero-order chi connectivity index (χ0) is 12.6. The highest BCUT2D eigenvalue weighted by molar-refractivity contribution is 6.30. The molecule has 1 aliphatic heterocycles. The molecule has 0 aliphatic carbocycles. The van der Waals surface area contributed by atoms with E-state index < -0.39 is 5.41 Å². The third-order valence-electron chi connectivity index (χ3n) is 2.82. The fourth-order valence-corrected chi connectivity index (χ4v) is 2.07. The second-order valence-electron chi connectivity index (χ2n) is 4.81. The topological polar surface area (TPSA) is 50.3 Å². The first-order valence-corrected chi connectivity index (χ1v) is 5.73. The largest absolute Gasteiger partial charge is 0.276 e. The summed E-state index contributed by atoms with van der Waals surface area (Å²) in [5.41, 5.74) is 0.0206. The summed E-state index contributed by atoms with van der Waals surface area (Å²) in [6, 6.07) is 3.32. The maximum Gasteiger partial charge on any atom is 0.235 e. The molecule has 0 atom stereocenters. The van der Waals surface area contributed by atoms with Crippen LogP contribution < -0.4 is 0 Å². The maximum absolute atomic E-state index is 12.0. The van der Waals surface area contributed by atoms with Gasteiger partial charge in [-0.2, -0.15) is 0 Å². The molecule has 0 N–H and O–H groups in total. The molecule has 2 heterocycles. The van der Waals surface area contributed by atoms with E-state index in [0.29, 0.717) is 10.7 Å². The minimum atomic E-state index is -0.602. The molecule has 1 aliphatic rings. The SMILES string of the molecule is CC1(C)CC(=O)N(Cc2cc(Cl)ccn2)C1=O. The van der Waals surface area contributed by atoms with Crippen molar-refractivity contribution in [3.05, 3.63) is 29.0 Å². The molecular weight excluding hydrogens is 240 g/mol. The highest BCUT2D eigenvalue weighted by atomic mass is 35.5. The monoisotopic (exact) mass is 252 g/mol. The molecule has 2 amide bonds. The van der Waals surface area contributed by atoms with Crippen molar-refractivity contribution in [2.45, 2.75) is 26.8 Å². The van der Waals surface area contributed by atoms with Gasteiger partial charge in [0.25, 0.3) is 0 Å². The Morgan fingerprint density at radius 1 is 1.47 bits per heavy atom. The molecule has 4 nitrogen and oxygen atoms in total. The zero-order valence-corrected chi connectivity index (χ0v) is 10.5. The van der Waals surface area contributed by atoms with Gasteiger partial charge >= 0.3 is 0 Å². The number of imide groups is 1. The Labute approximate surface area is 105 Å². The van der Waals surface area contributed by atoms with Gasteiger partial charge < -0.3 is 0 Å². The summed E-state index contributed by atoms with van der Waals surface area (Å²) < 4.78 is 0. The highest BCUT2D eigenvalue weighted by Crippen LogP contribution is 2.32. The average Bonchev–Trinajstić information content (AvgIpc) is 2.41. The Kier molecular flexibility index (Phi) is 2.91. The maximum atomic E-state index is 12.0. The number of likely N-dealkylation sites (tertiary alicyclic amines) is 1. The van der Waals surface area contributed by atoms with Crippen molar-refractivity contribution < 1.29 is 9.59 Å². The van der Waals surface area contributed by atoms with Gasteiger partial charge in [-0.25, -0.2) is 0 Å². The van der Waals surface area contributed by atoms with Crippen LogP contribution in [0.25, 0.3) is 0 Å². The van der Waals surface area contributed by atoms with Crippen LogP contribution in [0.3, 0.4) is 0 Å². The second-order valence-corrected chi connectivity index (χ2v) is 5.25. The van der Waals surface area contributed by atoms with Gasteiger partial charge in [0.1, 0.15) is 0 Å². The van der Waals surface area contributed by atoms with Crippen LogP contribution in [0.5, 0.6) is 0 Å². The van der Waals surface area contributed by atoms with Gasteiger partial charge in [-0.15, -0.1) is 0 Å². The summed E-state index contributed by atoms with van der Waals surface area (Å²) in [5, 5.41) is 0.549. The molecule has 0 spiro atoms. The molecule has 17 heavy (non-hydrogen) atoms. The van der Waals surface area contributed by atoms with Gasteiger partial charge in [-0.3, -0.25) is 19.5 Å². The molecule has 1 aromatic heterocycles. The van der Waals surface area contributed by atoms with E-state index in [9.17, 15) is 9.59 Å². The molecule has 0 unspecified atom stereocenters. The highest BCUT2D eigenvalue weighted by Gasteiger charge is 2.44. The smallest absolute Gasteiger partial charge is 0.235 e. The molecule has 0 aromatic carbocycles. The van der Waals surface area contributed by atoms with Crippen molar-refractivity contribution >= 4 is 23.4 Å². The number of rotatable bonds is 2.